The van der Waals surface area contributed by atoms with Crippen molar-refractivity contribution >= 4 is 17.5 Å². The number of halogens is 1. The highest BCUT2D eigenvalue weighted by Gasteiger charge is 2.41. The Morgan fingerprint density at radius 1 is 1.12 bits per heavy atom. The van der Waals surface area contributed by atoms with E-state index in [1.807, 2.05) is 0 Å². The molecule has 1 aliphatic heterocycles. The predicted octanol–water partition coefficient (Wildman–Crippen LogP) is 4.56. The van der Waals surface area contributed by atoms with Gasteiger partial charge < -0.3 is 21.2 Å². The van der Waals surface area contributed by atoms with Gasteiger partial charge in [-0.15, -0.1) is 11.6 Å². The van der Waals surface area contributed by atoms with Gasteiger partial charge in [0.15, 0.2) is 0 Å². The molecule has 0 bridgehead atoms. The Morgan fingerprint density at radius 2 is 1.82 bits per heavy atom. The molecule has 5 nitrogen and oxygen atoms in total. The van der Waals surface area contributed by atoms with Gasteiger partial charge >= 0.3 is 0 Å². The molecule has 2 aliphatic carbocycles. The van der Waals surface area contributed by atoms with E-state index in [1.165, 1.54) is 12.8 Å². The maximum atomic E-state index is 13.3. The Morgan fingerprint density at radius 3 is 2.35 bits per heavy atom. The van der Waals surface area contributed by atoms with Crippen LogP contribution in [0.5, 0.6) is 0 Å². The molecule has 5 atom stereocenters. The van der Waals surface area contributed by atoms with Crippen LogP contribution in [-0.4, -0.2) is 52.8 Å². The van der Waals surface area contributed by atoms with Crippen molar-refractivity contribution in [1.29, 1.82) is 0 Å². The van der Waals surface area contributed by atoms with E-state index in [0.717, 1.165) is 32.5 Å². The number of carbonyl (C=O) groups is 1. The Labute approximate surface area is 212 Å². The molecule has 3 rings (SSSR count). The Bertz CT molecular complexity index is 744. The van der Waals surface area contributed by atoms with Crippen molar-refractivity contribution in [2.24, 2.45) is 34.5 Å². The molecule has 196 valence electrons. The van der Waals surface area contributed by atoms with Crippen LogP contribution in [0.3, 0.4) is 0 Å². The maximum Gasteiger partial charge on any atom is 0.226 e. The van der Waals surface area contributed by atoms with Gasteiger partial charge in [0.05, 0.1) is 10.8 Å². The fourth-order valence-electron chi connectivity index (χ4n) is 5.92. The summed E-state index contributed by atoms with van der Waals surface area (Å²) in [6.07, 6.45) is 17.6. The van der Waals surface area contributed by atoms with Crippen LogP contribution in [0, 0.1) is 34.5 Å². The molecule has 3 unspecified atom stereocenters. The molecular formula is C28H49ClN2O3. The quantitative estimate of drug-likeness (QED) is 0.413. The largest absolute Gasteiger partial charge is 0.412 e. The van der Waals surface area contributed by atoms with Crippen LogP contribution in [0.2, 0.25) is 0 Å². The third-order valence-electron chi connectivity index (χ3n) is 8.32. The molecule has 0 aromatic rings. The van der Waals surface area contributed by atoms with Crippen LogP contribution in [-0.2, 0) is 4.79 Å². The minimum absolute atomic E-state index is 0. The lowest BCUT2D eigenvalue weighted by Crippen LogP contribution is -2.55. The first-order chi connectivity index (χ1) is 15.0. The normalized spacial score (nSPS) is 29.8. The first-order valence-corrected chi connectivity index (χ1v) is 13.1. The van der Waals surface area contributed by atoms with Crippen molar-refractivity contribution < 1.29 is 15.7 Å². The van der Waals surface area contributed by atoms with Gasteiger partial charge in [0.2, 0.25) is 5.91 Å². The summed E-state index contributed by atoms with van der Waals surface area (Å²) < 4.78 is 0. The van der Waals surface area contributed by atoms with E-state index in [4.69, 9.17) is 11.6 Å². The number of likely N-dealkylation sites (tertiary alicyclic amines) is 1. The maximum absolute atomic E-state index is 13.3. The van der Waals surface area contributed by atoms with Crippen LogP contribution in [0.1, 0.15) is 67.2 Å². The third-order valence-corrected chi connectivity index (χ3v) is 8.68. The number of nitrogens with zero attached hydrogens (tertiary/aromatic N) is 1. The summed E-state index contributed by atoms with van der Waals surface area (Å²) in [6.45, 7) is 16.6. The fraction of sp³-hybridized carbons (Fsp3) is 0.750. The zero-order valence-electron chi connectivity index (χ0n) is 22.1. The Kier molecular flexibility index (Phi) is 11.5. The topological polar surface area (TPSA) is 95.3 Å². The van der Waals surface area contributed by atoms with E-state index in [0.29, 0.717) is 17.8 Å². The van der Waals surface area contributed by atoms with E-state index in [-0.39, 0.29) is 39.6 Å². The van der Waals surface area contributed by atoms with Gasteiger partial charge in [-0.2, -0.15) is 0 Å². The molecule has 1 heterocycles. The summed E-state index contributed by atoms with van der Waals surface area (Å²) in [5.74, 6) is 2.20. The van der Waals surface area contributed by atoms with Gasteiger partial charge in [-0.3, -0.25) is 4.79 Å². The molecule has 0 aromatic heterocycles. The van der Waals surface area contributed by atoms with Crippen molar-refractivity contribution in [3.8, 4) is 0 Å². The molecule has 0 spiro atoms. The molecule has 6 heteroatoms. The van der Waals surface area contributed by atoms with Crippen LogP contribution in [0.4, 0.5) is 0 Å². The predicted molar refractivity (Wildman–Crippen MR) is 144 cm³/mol. The number of nitrogens with one attached hydrogen (secondary N) is 1. The number of rotatable bonds is 7. The number of piperidine rings is 1. The van der Waals surface area contributed by atoms with Crippen molar-refractivity contribution in [3.05, 3.63) is 36.5 Å². The average molecular weight is 497 g/mol. The highest BCUT2D eigenvalue weighted by molar-refractivity contribution is 6.21. The summed E-state index contributed by atoms with van der Waals surface area (Å²) in [4.78, 5) is 15.9. The molecule has 0 saturated carbocycles. The van der Waals surface area contributed by atoms with E-state index in [1.54, 1.807) is 0 Å². The van der Waals surface area contributed by atoms with E-state index in [2.05, 4.69) is 88.2 Å². The second-order valence-corrected chi connectivity index (χ2v) is 12.5. The lowest BCUT2D eigenvalue weighted by Gasteiger charge is -2.48. The summed E-state index contributed by atoms with van der Waals surface area (Å²) in [5, 5.41) is 3.66. The number of hydrogen-bond acceptors (Lipinski definition) is 2. The molecule has 5 N–H and O–H groups in total. The first-order valence-electron chi connectivity index (χ1n) is 12.7. The van der Waals surface area contributed by atoms with E-state index in [9.17, 15) is 4.79 Å². The highest BCUT2D eigenvalue weighted by atomic mass is 35.5. The second kappa shape index (κ2) is 12.7. The Balaban J connectivity index is 0.00000289. The van der Waals surface area contributed by atoms with Crippen LogP contribution < -0.4 is 5.32 Å². The van der Waals surface area contributed by atoms with Crippen molar-refractivity contribution in [3.63, 3.8) is 0 Å². The van der Waals surface area contributed by atoms with Gasteiger partial charge in [0.1, 0.15) is 0 Å². The van der Waals surface area contributed by atoms with Crippen molar-refractivity contribution in [2.75, 3.05) is 19.6 Å². The van der Waals surface area contributed by atoms with Gasteiger partial charge in [0, 0.05) is 19.1 Å². The van der Waals surface area contributed by atoms with Crippen LogP contribution in [0.25, 0.3) is 0 Å². The summed E-state index contributed by atoms with van der Waals surface area (Å²) in [6, 6.07) is 0.170. The number of carbonyl (C=O) groups excluding carboxylic acids is 1. The molecule has 34 heavy (non-hydrogen) atoms. The Hall–Kier alpha value is -1.14. The monoisotopic (exact) mass is 496 g/mol. The van der Waals surface area contributed by atoms with Crippen molar-refractivity contribution in [1.82, 2.24) is 10.2 Å². The van der Waals surface area contributed by atoms with Gasteiger partial charge in [0.25, 0.3) is 0 Å². The second-order valence-electron chi connectivity index (χ2n) is 12.0. The number of amides is 1. The lowest BCUT2D eigenvalue weighted by molar-refractivity contribution is -0.132. The first kappa shape index (κ1) is 30.9. The molecular weight excluding hydrogens is 448 g/mol. The van der Waals surface area contributed by atoms with Crippen LogP contribution >= 0.6 is 11.6 Å². The average Bonchev–Trinajstić information content (AvgIpc) is 2.74. The number of hydrogen-bond donors (Lipinski definition) is 1. The fourth-order valence-corrected chi connectivity index (χ4v) is 6.13. The highest BCUT2D eigenvalue weighted by Crippen LogP contribution is 2.43. The molecule has 1 amide bonds. The number of allylic oxidation sites excluding steroid dienone is 6. The van der Waals surface area contributed by atoms with Crippen LogP contribution in [0.15, 0.2) is 36.5 Å². The lowest BCUT2D eigenvalue weighted by atomic mass is 9.65. The molecule has 0 aromatic carbocycles. The number of alkyl halides is 1. The minimum atomic E-state index is -0.408. The third kappa shape index (κ3) is 7.43. The summed E-state index contributed by atoms with van der Waals surface area (Å²) >= 11 is 6.29. The van der Waals surface area contributed by atoms with E-state index >= 15 is 0 Å². The summed E-state index contributed by atoms with van der Waals surface area (Å²) in [7, 11) is 0. The van der Waals surface area contributed by atoms with E-state index < -0.39 is 5.41 Å². The molecule has 1 fully saturated rings. The van der Waals surface area contributed by atoms with Crippen molar-refractivity contribution in [2.45, 2.75) is 78.6 Å². The molecule has 0 radical (unpaired) electrons. The van der Waals surface area contributed by atoms with Gasteiger partial charge in [-0.05, 0) is 61.3 Å². The summed E-state index contributed by atoms with van der Waals surface area (Å²) in [5.41, 5.74) is -0.148. The molecule has 3 aliphatic rings. The van der Waals surface area contributed by atoms with Gasteiger partial charge in [-0.25, -0.2) is 0 Å². The SMILES string of the molecule is CC(C)[C@H](CN1CC[C@H](C2C=CC(Cl)CC2)C(C)(C)C1)NC(=O)C(C)(C)C1C=CC=CC1.O.O. The van der Waals surface area contributed by atoms with Gasteiger partial charge in [-0.1, -0.05) is 78.0 Å². The standard InChI is InChI=1S/C28H45ClN2O.2H2O/c1-20(2)25(30-26(32)28(5,6)22-10-8-7-9-11-22)18-31-17-16-24(27(3,4)19-31)21-12-14-23(29)15-13-21;;/h7-10,12,14,20-25H,11,13,15-19H2,1-6H3,(H,30,32);2*1H2/t21?,22?,23?,24-,25+;;/m1../s1. The zero-order valence-corrected chi connectivity index (χ0v) is 22.9. The minimum Gasteiger partial charge on any atom is -0.412 e. The smallest absolute Gasteiger partial charge is 0.226 e. The molecule has 1 saturated heterocycles. The zero-order chi connectivity index (χ0) is 23.5.